The van der Waals surface area contributed by atoms with Gasteiger partial charge in [-0.15, -0.1) is 0 Å². The molecule has 15 aromatic rings. The summed E-state index contributed by atoms with van der Waals surface area (Å²) in [6.07, 6.45) is 0. The Balaban J connectivity index is 0.983. The molecule has 0 aliphatic heterocycles. The summed E-state index contributed by atoms with van der Waals surface area (Å²) < 4.78 is 118. The normalized spacial score (nSPS) is 14.1. The first-order chi connectivity index (χ1) is 43.1. The van der Waals surface area contributed by atoms with Gasteiger partial charge in [0.2, 0.25) is 0 Å². The second-order valence-corrected chi connectivity index (χ2v) is 19.2. The van der Waals surface area contributed by atoms with E-state index in [9.17, 15) is 5.48 Å². The molecule has 0 heterocycles. The van der Waals surface area contributed by atoms with Crippen LogP contribution in [-0.2, 0) is 0 Å². The van der Waals surface area contributed by atoms with Crippen molar-refractivity contribution in [2.45, 2.75) is 0 Å². The Kier molecular flexibility index (Phi) is 7.64. The maximum absolute atomic E-state index is 9.62. The van der Waals surface area contributed by atoms with E-state index in [0.29, 0.717) is 11.1 Å². The van der Waals surface area contributed by atoms with Crippen molar-refractivity contribution in [2.24, 2.45) is 0 Å². The summed E-state index contributed by atoms with van der Waals surface area (Å²) in [5, 5.41) is 9.46. The Labute approximate surface area is 460 Å². The average Bonchev–Trinajstić information content (AvgIpc) is 0.729. The number of fused-ring (bicyclic) bond motifs is 8. The van der Waals surface area contributed by atoms with Crippen molar-refractivity contribution in [2.75, 3.05) is 0 Å². The van der Waals surface area contributed by atoms with Crippen molar-refractivity contribution < 1.29 is 17.8 Å². The van der Waals surface area contributed by atoms with Gasteiger partial charge < -0.3 is 0 Å². The minimum atomic E-state index is -0.720. The zero-order chi connectivity index (χ0) is 61.4. The van der Waals surface area contributed by atoms with Gasteiger partial charge in [0.05, 0.1) is 17.8 Å². The van der Waals surface area contributed by atoms with Crippen LogP contribution in [0, 0.1) is 0 Å². The first kappa shape index (κ1) is 32.3. The molecule has 0 N–H and O–H groups in total. The summed E-state index contributed by atoms with van der Waals surface area (Å²) >= 11 is 0. The molecule has 0 amide bonds. The minimum Gasteiger partial charge on any atom is -0.0622 e. The predicted molar refractivity (Wildman–Crippen MR) is 327 cm³/mol. The molecule has 76 heavy (non-hydrogen) atoms. The van der Waals surface area contributed by atoms with Gasteiger partial charge in [0.25, 0.3) is 0 Å². The molecule has 0 bridgehead atoms. The molecule has 0 saturated carbocycles. The summed E-state index contributed by atoms with van der Waals surface area (Å²) in [6.45, 7) is 0. The Bertz CT molecular complexity index is 5360. The van der Waals surface area contributed by atoms with Crippen LogP contribution in [0.4, 0.5) is 0 Å². The van der Waals surface area contributed by atoms with Gasteiger partial charge in [0.15, 0.2) is 0 Å². The first-order valence-corrected chi connectivity index (χ1v) is 25.3. The first-order valence-electron chi connectivity index (χ1n) is 31.8. The van der Waals surface area contributed by atoms with Crippen molar-refractivity contribution in [1.82, 2.24) is 0 Å². The summed E-state index contributed by atoms with van der Waals surface area (Å²) in [7, 11) is 0. The standard InChI is InChI=1S/C76H48/c1-4-22-49(23-5-1)55-45-56(50-24-6-2-7-25-50)47-57(46-55)75-66-36-16-18-38-68(66)76(69-39-19-17-37-67(69)75)61-41-21-40-59-60(61)42-43-70-71(59)48-52-28-10-11-31-58(52)73(70)53-29-20-30-54(44-53)74-64-34-14-12-32-62(64)72(51-26-8-3-9-27-51)63-33-13-15-35-65(63)74/h1-48H/i3D,8D,9D,12D,13D,14D,15D,26D,27D,32D,33D,34D,35D. The van der Waals surface area contributed by atoms with E-state index in [2.05, 4.69) is 164 Å². The fourth-order valence-corrected chi connectivity index (χ4v) is 11.9. The van der Waals surface area contributed by atoms with Gasteiger partial charge in [-0.3, -0.25) is 0 Å². The Morgan fingerprint density at radius 1 is 0.184 bits per heavy atom. The van der Waals surface area contributed by atoms with Crippen LogP contribution < -0.4 is 0 Å². The lowest BCUT2D eigenvalue weighted by Crippen LogP contribution is -1.93. The molecule has 15 rings (SSSR count). The van der Waals surface area contributed by atoms with Crippen molar-refractivity contribution >= 4 is 75.4 Å². The zero-order valence-corrected chi connectivity index (χ0v) is 40.7. The van der Waals surface area contributed by atoms with E-state index < -0.39 is 84.1 Å². The molecule has 0 aliphatic carbocycles. The van der Waals surface area contributed by atoms with Crippen LogP contribution in [0.1, 0.15) is 17.8 Å². The largest absolute Gasteiger partial charge is 0.0629 e. The lowest BCUT2D eigenvalue weighted by molar-refractivity contribution is 1.58. The maximum Gasteiger partial charge on any atom is 0.0629 e. The molecule has 0 unspecified atom stereocenters. The Morgan fingerprint density at radius 2 is 0.566 bits per heavy atom. The Morgan fingerprint density at radius 3 is 1.14 bits per heavy atom. The van der Waals surface area contributed by atoms with Crippen molar-refractivity contribution in [3.63, 3.8) is 0 Å². The Hall–Kier alpha value is -9.88. The molecule has 0 aromatic heterocycles. The SMILES string of the molecule is [2H]c1c([2H])c([2H])c(-c2c3c([2H])c([2H])c([2H])c([2H])c3c(-c3cccc(-c4c5ccccc5cc5c4ccc4c(-c6c7ccccc7c(-c7cc(-c8ccccc8)cc(-c8ccccc8)c7)c7ccccc67)cccc45)c3)c3c([2H])c([2H])c([2H])c([2H])c23)c([2H])c1[2H]. The van der Waals surface area contributed by atoms with Crippen LogP contribution in [0.2, 0.25) is 0 Å². The van der Waals surface area contributed by atoms with E-state index in [1.54, 1.807) is 6.07 Å². The summed E-state index contributed by atoms with van der Waals surface area (Å²) in [6, 6.07) is 65.4. The third-order valence-corrected chi connectivity index (χ3v) is 15.1. The topological polar surface area (TPSA) is 0 Å². The number of hydrogen-bond acceptors (Lipinski definition) is 0. The summed E-state index contributed by atoms with van der Waals surface area (Å²) in [5.41, 5.74) is 10.1. The zero-order valence-electron chi connectivity index (χ0n) is 53.7. The second kappa shape index (κ2) is 18.0. The molecule has 15 aromatic carbocycles. The predicted octanol–water partition coefficient (Wildman–Crippen LogP) is 21.4. The van der Waals surface area contributed by atoms with E-state index in [-0.39, 0.29) is 32.7 Å². The number of rotatable bonds is 7. The van der Waals surface area contributed by atoms with Crippen LogP contribution in [0.25, 0.3) is 153 Å². The summed E-state index contributed by atoms with van der Waals surface area (Å²) in [4.78, 5) is 0. The smallest absolute Gasteiger partial charge is 0.0622 e. The van der Waals surface area contributed by atoms with E-state index in [1.165, 1.54) is 0 Å². The molecule has 0 radical (unpaired) electrons. The van der Waals surface area contributed by atoms with Crippen LogP contribution in [0.5, 0.6) is 0 Å². The molecule has 0 aliphatic rings. The second-order valence-electron chi connectivity index (χ2n) is 19.2. The minimum absolute atomic E-state index is 0.0672. The van der Waals surface area contributed by atoms with Gasteiger partial charge in [-0.25, -0.2) is 0 Å². The van der Waals surface area contributed by atoms with Gasteiger partial charge >= 0.3 is 0 Å². The van der Waals surface area contributed by atoms with Gasteiger partial charge in [-0.1, -0.05) is 261 Å². The third-order valence-electron chi connectivity index (χ3n) is 15.1. The van der Waals surface area contributed by atoms with Crippen molar-refractivity contribution in [3.05, 3.63) is 291 Å². The number of hydrogen-bond donors (Lipinski definition) is 0. The van der Waals surface area contributed by atoms with E-state index in [1.807, 2.05) is 42.5 Å². The van der Waals surface area contributed by atoms with Crippen molar-refractivity contribution in [3.8, 4) is 77.9 Å². The third kappa shape index (κ3) is 7.07. The molecule has 352 valence electrons. The highest BCUT2D eigenvalue weighted by Crippen LogP contribution is 2.50. The number of benzene rings is 15. The highest BCUT2D eigenvalue weighted by atomic mass is 14.3. The molecule has 0 atom stereocenters. The fraction of sp³-hybridized carbons (Fsp3) is 0. The quantitative estimate of drug-likeness (QED) is 0.110. The van der Waals surface area contributed by atoms with Crippen LogP contribution in [0.3, 0.4) is 0 Å². The van der Waals surface area contributed by atoms with Crippen molar-refractivity contribution in [1.29, 1.82) is 0 Å². The van der Waals surface area contributed by atoms with Crippen LogP contribution in [-0.4, -0.2) is 0 Å². The van der Waals surface area contributed by atoms with E-state index in [0.717, 1.165) is 104 Å². The molecule has 0 heteroatoms. The maximum atomic E-state index is 9.62. The van der Waals surface area contributed by atoms with Gasteiger partial charge in [-0.05, 0) is 184 Å². The van der Waals surface area contributed by atoms with E-state index >= 15 is 0 Å². The lowest BCUT2D eigenvalue weighted by Gasteiger charge is -2.21. The summed E-state index contributed by atoms with van der Waals surface area (Å²) in [5.74, 6) is 0. The fourth-order valence-electron chi connectivity index (χ4n) is 11.9. The average molecular weight is 974 g/mol. The van der Waals surface area contributed by atoms with Gasteiger partial charge in [0.1, 0.15) is 0 Å². The molecular weight excluding hydrogens is 913 g/mol. The monoisotopic (exact) mass is 973 g/mol. The molecule has 0 fully saturated rings. The van der Waals surface area contributed by atoms with Gasteiger partial charge in [-0.2, -0.15) is 0 Å². The van der Waals surface area contributed by atoms with Gasteiger partial charge in [0, 0.05) is 0 Å². The molecular formula is C76H48. The van der Waals surface area contributed by atoms with E-state index in [4.69, 9.17) is 12.3 Å². The highest BCUT2D eigenvalue weighted by molar-refractivity contribution is 6.27. The van der Waals surface area contributed by atoms with Crippen LogP contribution >= 0.6 is 0 Å². The highest BCUT2D eigenvalue weighted by Gasteiger charge is 2.22. The molecule has 0 spiro atoms. The molecule has 0 nitrogen and oxygen atoms in total. The van der Waals surface area contributed by atoms with Crippen LogP contribution in [0.15, 0.2) is 291 Å². The lowest BCUT2D eigenvalue weighted by atomic mass is 9.82. The molecule has 0 saturated heterocycles.